The summed E-state index contributed by atoms with van der Waals surface area (Å²) in [6.07, 6.45) is 0. The third-order valence-corrected chi connectivity index (χ3v) is 3.21. The molecule has 0 spiro atoms. The van der Waals surface area contributed by atoms with E-state index < -0.39 is 11.5 Å². The molecule has 0 fully saturated rings. The topological polar surface area (TPSA) is 70.4 Å². The number of ether oxygens (including phenoxy) is 2. The van der Waals surface area contributed by atoms with Gasteiger partial charge in [-0.2, -0.15) is 9.78 Å². The van der Waals surface area contributed by atoms with Gasteiger partial charge < -0.3 is 9.47 Å². The number of rotatable bonds is 5. The van der Waals surface area contributed by atoms with Gasteiger partial charge in [0.1, 0.15) is 0 Å². The van der Waals surface area contributed by atoms with Gasteiger partial charge in [0.15, 0.2) is 5.75 Å². The molecule has 22 heavy (non-hydrogen) atoms. The monoisotopic (exact) mass is 366 g/mol. The van der Waals surface area contributed by atoms with Crippen molar-refractivity contribution in [1.82, 2.24) is 9.78 Å². The quantitative estimate of drug-likeness (QED) is 0.760. The summed E-state index contributed by atoms with van der Waals surface area (Å²) in [6, 6.07) is 8.28. The minimum atomic E-state index is -0.630. The zero-order valence-electron chi connectivity index (χ0n) is 12.2. The molecule has 0 N–H and O–H groups in total. The van der Waals surface area contributed by atoms with Gasteiger partial charge in [0.2, 0.25) is 5.69 Å². The third kappa shape index (κ3) is 3.54. The Morgan fingerprint density at radius 2 is 2.05 bits per heavy atom. The van der Waals surface area contributed by atoms with Gasteiger partial charge >= 0.3 is 5.97 Å². The van der Waals surface area contributed by atoms with E-state index in [4.69, 9.17) is 9.47 Å². The summed E-state index contributed by atoms with van der Waals surface area (Å²) in [7, 11) is 0. The number of halogens is 1. The van der Waals surface area contributed by atoms with Crippen LogP contribution in [0, 0.1) is 0 Å². The number of aromatic nitrogens is 2. The van der Waals surface area contributed by atoms with Crippen LogP contribution in [0.15, 0.2) is 39.6 Å². The van der Waals surface area contributed by atoms with Crippen LogP contribution in [0.4, 0.5) is 0 Å². The summed E-state index contributed by atoms with van der Waals surface area (Å²) in [4.78, 5) is 24.2. The van der Waals surface area contributed by atoms with Crippen LogP contribution >= 0.6 is 15.9 Å². The summed E-state index contributed by atoms with van der Waals surface area (Å²) in [5.41, 5.74) is 0.117. The third-order valence-electron chi connectivity index (χ3n) is 2.72. The van der Waals surface area contributed by atoms with Crippen molar-refractivity contribution in [3.8, 4) is 11.4 Å². The van der Waals surface area contributed by atoms with Gasteiger partial charge in [0.25, 0.3) is 5.56 Å². The van der Waals surface area contributed by atoms with Crippen LogP contribution in [0.2, 0.25) is 0 Å². The second-order valence-corrected chi connectivity index (χ2v) is 5.16. The zero-order chi connectivity index (χ0) is 16.1. The molecule has 1 aromatic heterocycles. The SMILES string of the molecule is CCOC(=O)c1nn(-c2cccc(Br)c2)c(=O)cc1OCC. The Morgan fingerprint density at radius 1 is 1.27 bits per heavy atom. The van der Waals surface area contributed by atoms with E-state index in [1.54, 1.807) is 32.0 Å². The highest BCUT2D eigenvalue weighted by Gasteiger charge is 2.19. The first-order valence-corrected chi connectivity index (χ1v) is 7.56. The van der Waals surface area contributed by atoms with Crippen molar-refractivity contribution < 1.29 is 14.3 Å². The van der Waals surface area contributed by atoms with Crippen LogP contribution in [0.1, 0.15) is 24.3 Å². The number of hydrogen-bond acceptors (Lipinski definition) is 5. The van der Waals surface area contributed by atoms with Crippen LogP contribution in [0.25, 0.3) is 5.69 Å². The van der Waals surface area contributed by atoms with Crippen molar-refractivity contribution in [2.45, 2.75) is 13.8 Å². The number of carbonyl (C=O) groups is 1. The molecular weight excluding hydrogens is 352 g/mol. The molecule has 2 rings (SSSR count). The predicted molar refractivity (Wildman–Crippen MR) is 84.7 cm³/mol. The lowest BCUT2D eigenvalue weighted by Crippen LogP contribution is -2.25. The van der Waals surface area contributed by atoms with Gasteiger partial charge in [-0.3, -0.25) is 4.79 Å². The summed E-state index contributed by atoms with van der Waals surface area (Å²) in [5.74, 6) is -0.508. The molecule has 116 valence electrons. The highest BCUT2D eigenvalue weighted by atomic mass is 79.9. The van der Waals surface area contributed by atoms with Crippen LogP contribution in [0.5, 0.6) is 5.75 Å². The van der Waals surface area contributed by atoms with Crippen molar-refractivity contribution in [1.29, 1.82) is 0 Å². The number of nitrogens with zero attached hydrogens (tertiary/aromatic N) is 2. The maximum Gasteiger partial charge on any atom is 0.362 e. The van der Waals surface area contributed by atoms with Gasteiger partial charge in [0.05, 0.1) is 25.0 Å². The molecule has 0 saturated heterocycles. The van der Waals surface area contributed by atoms with Crippen molar-refractivity contribution in [3.63, 3.8) is 0 Å². The fourth-order valence-electron chi connectivity index (χ4n) is 1.84. The number of hydrogen-bond donors (Lipinski definition) is 0. The normalized spacial score (nSPS) is 10.3. The Kier molecular flexibility index (Phi) is 5.32. The minimum Gasteiger partial charge on any atom is -0.491 e. The molecule has 1 aromatic carbocycles. The smallest absolute Gasteiger partial charge is 0.362 e. The summed E-state index contributed by atoms with van der Waals surface area (Å²) >= 11 is 3.34. The van der Waals surface area contributed by atoms with E-state index in [1.807, 2.05) is 6.07 Å². The molecule has 1 heterocycles. The first kappa shape index (κ1) is 16.2. The van der Waals surface area contributed by atoms with E-state index in [2.05, 4.69) is 21.0 Å². The van der Waals surface area contributed by atoms with Crippen LogP contribution in [-0.4, -0.2) is 29.0 Å². The second-order valence-electron chi connectivity index (χ2n) is 4.24. The van der Waals surface area contributed by atoms with E-state index >= 15 is 0 Å². The standard InChI is InChI=1S/C15H15BrN2O4/c1-3-21-12-9-13(19)18(11-7-5-6-10(16)8-11)17-14(12)15(20)22-4-2/h5-9H,3-4H2,1-2H3. The van der Waals surface area contributed by atoms with Crippen molar-refractivity contribution in [3.05, 3.63) is 50.9 Å². The zero-order valence-corrected chi connectivity index (χ0v) is 13.8. The van der Waals surface area contributed by atoms with Crippen LogP contribution in [-0.2, 0) is 4.74 Å². The summed E-state index contributed by atoms with van der Waals surface area (Å²) in [6.45, 7) is 3.98. The lowest BCUT2D eigenvalue weighted by molar-refractivity contribution is 0.0512. The molecule has 0 radical (unpaired) electrons. The van der Waals surface area contributed by atoms with Gasteiger partial charge in [-0.1, -0.05) is 22.0 Å². The second kappa shape index (κ2) is 7.22. The Balaban J connectivity index is 2.59. The molecule has 6 nitrogen and oxygen atoms in total. The van der Waals surface area contributed by atoms with Crippen molar-refractivity contribution >= 4 is 21.9 Å². The molecule has 0 atom stereocenters. The van der Waals surface area contributed by atoms with E-state index in [-0.39, 0.29) is 18.1 Å². The highest BCUT2D eigenvalue weighted by Crippen LogP contribution is 2.18. The van der Waals surface area contributed by atoms with Crippen molar-refractivity contribution in [2.24, 2.45) is 0 Å². The minimum absolute atomic E-state index is 0.0247. The average molecular weight is 367 g/mol. The number of carbonyl (C=O) groups excluding carboxylic acids is 1. The van der Waals surface area contributed by atoms with Gasteiger partial charge in [-0.25, -0.2) is 4.79 Å². The molecule has 0 aliphatic heterocycles. The molecule has 2 aromatic rings. The van der Waals surface area contributed by atoms with E-state index in [0.717, 1.165) is 9.15 Å². The average Bonchev–Trinajstić information content (AvgIpc) is 2.48. The van der Waals surface area contributed by atoms with Gasteiger partial charge in [0, 0.05) is 4.47 Å². The van der Waals surface area contributed by atoms with E-state index in [9.17, 15) is 9.59 Å². The van der Waals surface area contributed by atoms with E-state index in [0.29, 0.717) is 12.3 Å². The summed E-state index contributed by atoms with van der Waals surface area (Å²) < 4.78 is 12.2. The van der Waals surface area contributed by atoms with Crippen molar-refractivity contribution in [2.75, 3.05) is 13.2 Å². The Bertz CT molecular complexity index is 743. The molecule has 7 heteroatoms. The molecule has 0 saturated carbocycles. The number of benzene rings is 1. The first-order valence-electron chi connectivity index (χ1n) is 6.77. The fourth-order valence-corrected chi connectivity index (χ4v) is 2.23. The highest BCUT2D eigenvalue weighted by molar-refractivity contribution is 9.10. The lowest BCUT2D eigenvalue weighted by Gasteiger charge is -2.11. The maximum absolute atomic E-state index is 12.2. The van der Waals surface area contributed by atoms with Gasteiger partial charge in [-0.15, -0.1) is 0 Å². The molecule has 0 amide bonds. The lowest BCUT2D eigenvalue weighted by atomic mass is 10.3. The summed E-state index contributed by atoms with van der Waals surface area (Å²) in [5, 5.41) is 4.10. The van der Waals surface area contributed by atoms with Gasteiger partial charge in [-0.05, 0) is 32.0 Å². The first-order chi connectivity index (χ1) is 10.6. The Labute approximate surface area is 135 Å². The predicted octanol–water partition coefficient (Wildman–Crippen LogP) is 2.57. The Morgan fingerprint density at radius 3 is 2.68 bits per heavy atom. The van der Waals surface area contributed by atoms with E-state index in [1.165, 1.54) is 6.07 Å². The van der Waals surface area contributed by atoms with Crippen LogP contribution < -0.4 is 10.3 Å². The number of esters is 1. The fraction of sp³-hybridized carbons (Fsp3) is 0.267. The molecule has 0 unspecified atom stereocenters. The molecule has 0 aliphatic rings. The maximum atomic E-state index is 12.2. The largest absolute Gasteiger partial charge is 0.491 e. The molecule has 0 aliphatic carbocycles. The Hall–Kier alpha value is -2.15. The molecule has 0 bridgehead atoms. The van der Waals surface area contributed by atoms with Crippen LogP contribution in [0.3, 0.4) is 0 Å². The molecular formula is C15H15BrN2O4.